The molecule has 0 N–H and O–H groups in total. The van der Waals surface area contributed by atoms with Gasteiger partial charge in [0.05, 0.1) is 24.9 Å². The lowest BCUT2D eigenvalue weighted by Gasteiger charge is -2.15. The van der Waals surface area contributed by atoms with E-state index in [1.165, 1.54) is 6.07 Å². The second-order valence-corrected chi connectivity index (χ2v) is 6.49. The van der Waals surface area contributed by atoms with Crippen LogP contribution >= 0.6 is 15.9 Å². The zero-order chi connectivity index (χ0) is 17.5. The van der Waals surface area contributed by atoms with Crippen molar-refractivity contribution < 1.29 is 22.6 Å². The van der Waals surface area contributed by atoms with Crippen LogP contribution in [0.15, 0.2) is 22.8 Å². The van der Waals surface area contributed by atoms with Gasteiger partial charge in [-0.2, -0.15) is 0 Å². The quantitative estimate of drug-likeness (QED) is 0.740. The van der Waals surface area contributed by atoms with Crippen LogP contribution in [0.4, 0.5) is 13.2 Å². The van der Waals surface area contributed by atoms with Crippen LogP contribution in [-0.2, 0) is 17.7 Å². The fraction of sp³-hybridized carbons (Fsp3) is 0.438. The molecule has 0 spiro atoms. The molecule has 130 valence electrons. The zero-order valence-corrected chi connectivity index (χ0v) is 14.7. The van der Waals surface area contributed by atoms with Crippen LogP contribution in [0.1, 0.15) is 18.2 Å². The van der Waals surface area contributed by atoms with Gasteiger partial charge in [-0.25, -0.2) is 4.98 Å². The number of nitrogens with zero attached hydrogens (tertiary/aromatic N) is 2. The van der Waals surface area contributed by atoms with Gasteiger partial charge in [0.15, 0.2) is 0 Å². The maximum Gasteiger partial charge on any atom is 0.573 e. The minimum absolute atomic E-state index is 0.0417. The summed E-state index contributed by atoms with van der Waals surface area (Å²) in [5.74, 6) is 0.501. The fourth-order valence-electron chi connectivity index (χ4n) is 2.81. The molecule has 0 aliphatic carbocycles. The van der Waals surface area contributed by atoms with Crippen LogP contribution in [0.3, 0.4) is 0 Å². The van der Waals surface area contributed by atoms with E-state index in [1.807, 2.05) is 6.92 Å². The van der Waals surface area contributed by atoms with Gasteiger partial charge in [-0.15, -0.1) is 13.2 Å². The molecular formula is C16H16BrF3N2O2. The maximum absolute atomic E-state index is 12.4. The van der Waals surface area contributed by atoms with Crippen LogP contribution in [0.2, 0.25) is 0 Å². The number of aryl methyl sites for hydroxylation is 1. The molecule has 0 amide bonds. The lowest BCUT2D eigenvalue weighted by Crippen LogP contribution is -2.17. The third kappa shape index (κ3) is 3.59. The summed E-state index contributed by atoms with van der Waals surface area (Å²) in [5, 5.41) is 0. The minimum Gasteiger partial charge on any atom is -0.406 e. The predicted molar refractivity (Wildman–Crippen MR) is 85.9 cm³/mol. The molecule has 0 fully saturated rings. The number of hydrogen-bond donors (Lipinski definition) is 0. The normalized spacial score (nSPS) is 18.2. The molecular weight excluding hydrogens is 389 g/mol. The minimum atomic E-state index is -4.70. The molecule has 2 aromatic rings. The van der Waals surface area contributed by atoms with Gasteiger partial charge in [0, 0.05) is 12.0 Å². The molecule has 1 atom stereocenters. The number of imidazole rings is 1. The monoisotopic (exact) mass is 404 g/mol. The van der Waals surface area contributed by atoms with E-state index in [1.54, 1.807) is 19.1 Å². The van der Waals surface area contributed by atoms with Crippen molar-refractivity contribution in [2.75, 3.05) is 6.61 Å². The van der Waals surface area contributed by atoms with Crippen molar-refractivity contribution in [3.05, 3.63) is 34.1 Å². The van der Waals surface area contributed by atoms with Gasteiger partial charge in [0.1, 0.15) is 16.2 Å². The van der Waals surface area contributed by atoms with Gasteiger partial charge in [-0.1, -0.05) is 0 Å². The van der Waals surface area contributed by atoms with Crippen LogP contribution in [0.25, 0.3) is 11.4 Å². The van der Waals surface area contributed by atoms with E-state index in [9.17, 15) is 13.2 Å². The molecule has 4 nitrogen and oxygen atoms in total. The van der Waals surface area contributed by atoms with Crippen molar-refractivity contribution in [1.29, 1.82) is 0 Å². The Kier molecular flexibility index (Phi) is 4.61. The summed E-state index contributed by atoms with van der Waals surface area (Å²) in [5.41, 5.74) is 2.17. The summed E-state index contributed by atoms with van der Waals surface area (Å²) in [6.07, 6.45) is -3.93. The summed E-state index contributed by atoms with van der Waals surface area (Å²) < 4.78 is 49.7. The van der Waals surface area contributed by atoms with Crippen LogP contribution in [0.5, 0.6) is 5.75 Å². The molecule has 0 bridgehead atoms. The van der Waals surface area contributed by atoms with E-state index in [2.05, 4.69) is 30.2 Å². The highest BCUT2D eigenvalue weighted by Gasteiger charge is 2.32. The lowest BCUT2D eigenvalue weighted by atomic mass is 10.1. The third-order valence-electron chi connectivity index (χ3n) is 3.86. The Labute approximate surface area is 145 Å². The van der Waals surface area contributed by atoms with E-state index in [-0.39, 0.29) is 11.9 Å². The van der Waals surface area contributed by atoms with Gasteiger partial charge >= 0.3 is 6.36 Å². The first kappa shape index (κ1) is 17.3. The van der Waals surface area contributed by atoms with Crippen LogP contribution in [0, 0.1) is 6.92 Å². The maximum atomic E-state index is 12.4. The number of halogens is 4. The number of hydrogen-bond acceptors (Lipinski definition) is 3. The van der Waals surface area contributed by atoms with Crippen LogP contribution < -0.4 is 4.74 Å². The summed E-state index contributed by atoms with van der Waals surface area (Å²) in [6, 6.07) is 4.57. The van der Waals surface area contributed by atoms with Crippen molar-refractivity contribution in [3.8, 4) is 17.1 Å². The smallest absolute Gasteiger partial charge is 0.406 e. The van der Waals surface area contributed by atoms with Gasteiger partial charge in [-0.05, 0) is 53.5 Å². The van der Waals surface area contributed by atoms with E-state index in [0.29, 0.717) is 24.5 Å². The number of aromatic nitrogens is 2. The molecule has 1 aliphatic rings. The largest absolute Gasteiger partial charge is 0.573 e. The first-order valence-electron chi connectivity index (χ1n) is 7.48. The number of rotatable bonds is 2. The van der Waals surface area contributed by atoms with Crippen LogP contribution in [-0.4, -0.2) is 28.6 Å². The Hall–Kier alpha value is -1.54. The van der Waals surface area contributed by atoms with Crippen molar-refractivity contribution in [3.63, 3.8) is 0 Å². The van der Waals surface area contributed by atoms with Crippen molar-refractivity contribution in [1.82, 2.24) is 9.55 Å². The second-order valence-electron chi connectivity index (χ2n) is 5.74. The second kappa shape index (κ2) is 6.40. The van der Waals surface area contributed by atoms with E-state index in [0.717, 1.165) is 22.3 Å². The molecule has 3 rings (SSSR count). The Morgan fingerprint density at radius 1 is 1.38 bits per heavy atom. The highest BCUT2D eigenvalue weighted by molar-refractivity contribution is 9.10. The number of benzene rings is 1. The van der Waals surface area contributed by atoms with Gasteiger partial charge in [0.2, 0.25) is 0 Å². The SMILES string of the molecule is Cc1cc(-c2nc(Br)c3n2CC(C)OCC3)ccc1OC(F)(F)F. The summed E-state index contributed by atoms with van der Waals surface area (Å²) in [4.78, 5) is 4.55. The summed E-state index contributed by atoms with van der Waals surface area (Å²) >= 11 is 3.47. The molecule has 0 radical (unpaired) electrons. The average Bonchev–Trinajstić information content (AvgIpc) is 2.66. The average molecular weight is 405 g/mol. The molecule has 8 heteroatoms. The Morgan fingerprint density at radius 3 is 2.79 bits per heavy atom. The summed E-state index contributed by atoms with van der Waals surface area (Å²) in [6.45, 7) is 4.82. The van der Waals surface area contributed by atoms with E-state index >= 15 is 0 Å². The Balaban J connectivity index is 2.00. The highest BCUT2D eigenvalue weighted by Crippen LogP contribution is 2.32. The highest BCUT2D eigenvalue weighted by atomic mass is 79.9. The number of ether oxygens (including phenoxy) is 2. The first-order valence-corrected chi connectivity index (χ1v) is 8.27. The van der Waals surface area contributed by atoms with E-state index < -0.39 is 6.36 Å². The molecule has 1 aromatic heterocycles. The molecule has 1 aliphatic heterocycles. The summed E-state index contributed by atoms with van der Waals surface area (Å²) in [7, 11) is 0. The van der Waals surface area contributed by atoms with Crippen molar-refractivity contribution in [2.24, 2.45) is 0 Å². The molecule has 2 heterocycles. The van der Waals surface area contributed by atoms with Gasteiger partial charge < -0.3 is 14.0 Å². The fourth-order valence-corrected chi connectivity index (χ4v) is 3.39. The van der Waals surface area contributed by atoms with E-state index in [4.69, 9.17) is 4.74 Å². The van der Waals surface area contributed by atoms with Gasteiger partial charge in [0.25, 0.3) is 0 Å². The number of alkyl halides is 3. The lowest BCUT2D eigenvalue weighted by molar-refractivity contribution is -0.274. The predicted octanol–water partition coefficient (Wildman–Crippen LogP) is 4.48. The Bertz CT molecular complexity index is 759. The zero-order valence-electron chi connectivity index (χ0n) is 13.2. The number of fused-ring (bicyclic) bond motifs is 1. The molecule has 24 heavy (non-hydrogen) atoms. The molecule has 0 saturated carbocycles. The Morgan fingerprint density at radius 2 is 2.12 bits per heavy atom. The molecule has 1 unspecified atom stereocenters. The first-order chi connectivity index (χ1) is 11.2. The molecule has 1 aromatic carbocycles. The standard InChI is InChI=1S/C16H16BrF3N2O2/c1-9-7-11(3-4-13(9)24-16(18,19)20)15-21-14(17)12-5-6-23-10(2)8-22(12)15/h3-4,7,10H,5-6,8H2,1-2H3. The topological polar surface area (TPSA) is 36.3 Å². The van der Waals surface area contributed by atoms with Gasteiger partial charge in [-0.3, -0.25) is 0 Å². The third-order valence-corrected chi connectivity index (χ3v) is 4.50. The van der Waals surface area contributed by atoms with Crippen molar-refractivity contribution in [2.45, 2.75) is 39.3 Å². The molecule has 0 saturated heterocycles. The van der Waals surface area contributed by atoms with Crippen molar-refractivity contribution >= 4 is 15.9 Å².